The second kappa shape index (κ2) is 11.2. The number of nitrogens with one attached hydrogen (secondary N) is 2. The van der Waals surface area contributed by atoms with E-state index in [9.17, 15) is 4.39 Å². The molecule has 0 spiro atoms. The summed E-state index contributed by atoms with van der Waals surface area (Å²) in [5.41, 5.74) is 1.90. The minimum atomic E-state index is -0.246. The molecular formula is C21H29FN4O. The highest BCUT2D eigenvalue weighted by Gasteiger charge is 2.05. The van der Waals surface area contributed by atoms with Gasteiger partial charge in [0.25, 0.3) is 0 Å². The molecule has 0 aromatic heterocycles. The second-order valence-electron chi connectivity index (χ2n) is 6.44. The predicted molar refractivity (Wildman–Crippen MR) is 109 cm³/mol. The Labute approximate surface area is 161 Å². The number of para-hydroxylation sites is 1. The highest BCUT2D eigenvalue weighted by molar-refractivity contribution is 5.79. The summed E-state index contributed by atoms with van der Waals surface area (Å²) in [6.07, 6.45) is 0. The Morgan fingerprint density at radius 1 is 1.11 bits per heavy atom. The first-order valence-electron chi connectivity index (χ1n) is 9.20. The maximum Gasteiger partial charge on any atom is 0.191 e. The van der Waals surface area contributed by atoms with Crippen LogP contribution in [0.1, 0.15) is 18.1 Å². The lowest BCUT2D eigenvalue weighted by molar-refractivity contribution is 0.259. The third-order valence-electron chi connectivity index (χ3n) is 3.87. The number of hydrogen-bond donors (Lipinski definition) is 2. The standard InChI is InChI=1S/C21H29FN4O/c1-4-23-21(24-15-17-8-7-10-19(22)14-17)25-16-18-9-5-6-11-20(18)27-13-12-26(2)3/h5-11,14H,4,12-13,15-16H2,1-3H3,(H2,23,24,25). The second-order valence-corrected chi connectivity index (χ2v) is 6.44. The third-order valence-corrected chi connectivity index (χ3v) is 3.87. The Bertz CT molecular complexity index is 734. The van der Waals surface area contributed by atoms with Crippen LogP contribution in [-0.4, -0.2) is 44.7 Å². The number of hydrogen-bond acceptors (Lipinski definition) is 3. The van der Waals surface area contributed by atoms with Crippen molar-refractivity contribution in [3.8, 4) is 5.75 Å². The Morgan fingerprint density at radius 2 is 1.93 bits per heavy atom. The van der Waals surface area contributed by atoms with Crippen LogP contribution in [0.3, 0.4) is 0 Å². The average Bonchev–Trinajstić information content (AvgIpc) is 2.65. The van der Waals surface area contributed by atoms with E-state index < -0.39 is 0 Å². The molecule has 2 rings (SSSR count). The van der Waals surface area contributed by atoms with E-state index in [0.29, 0.717) is 25.7 Å². The van der Waals surface area contributed by atoms with Crippen LogP contribution in [0.15, 0.2) is 53.5 Å². The van der Waals surface area contributed by atoms with Crippen molar-refractivity contribution in [3.05, 3.63) is 65.5 Å². The van der Waals surface area contributed by atoms with Gasteiger partial charge < -0.3 is 20.3 Å². The van der Waals surface area contributed by atoms with Crippen LogP contribution < -0.4 is 15.4 Å². The molecule has 0 saturated carbocycles. The van der Waals surface area contributed by atoms with Crippen LogP contribution in [0.4, 0.5) is 4.39 Å². The summed E-state index contributed by atoms with van der Waals surface area (Å²) in [6, 6.07) is 14.5. The molecule has 0 unspecified atom stereocenters. The molecule has 2 N–H and O–H groups in total. The van der Waals surface area contributed by atoms with E-state index in [2.05, 4.69) is 20.5 Å². The molecule has 0 amide bonds. The molecule has 0 radical (unpaired) electrons. The van der Waals surface area contributed by atoms with Crippen LogP contribution in [-0.2, 0) is 13.1 Å². The first kappa shape index (κ1) is 20.7. The number of aliphatic imine (C=N–C) groups is 1. The zero-order valence-electron chi connectivity index (χ0n) is 16.3. The molecule has 0 saturated heterocycles. The molecule has 2 aromatic rings. The van der Waals surface area contributed by atoms with E-state index >= 15 is 0 Å². The molecule has 0 bridgehead atoms. The van der Waals surface area contributed by atoms with Gasteiger partial charge in [-0.2, -0.15) is 0 Å². The first-order chi connectivity index (χ1) is 13.1. The van der Waals surface area contributed by atoms with Crippen LogP contribution in [0.5, 0.6) is 5.75 Å². The van der Waals surface area contributed by atoms with Gasteiger partial charge in [-0.15, -0.1) is 0 Å². The maximum atomic E-state index is 13.3. The number of guanidine groups is 1. The molecule has 27 heavy (non-hydrogen) atoms. The van der Waals surface area contributed by atoms with Crippen molar-refractivity contribution in [1.82, 2.24) is 15.5 Å². The molecule has 0 atom stereocenters. The quantitative estimate of drug-likeness (QED) is 0.525. The SMILES string of the molecule is CCNC(=NCc1cccc(F)c1)NCc1ccccc1OCCN(C)C. The number of nitrogens with zero attached hydrogens (tertiary/aromatic N) is 2. The van der Waals surface area contributed by atoms with E-state index in [4.69, 9.17) is 4.74 Å². The summed E-state index contributed by atoms with van der Waals surface area (Å²) >= 11 is 0. The van der Waals surface area contributed by atoms with Gasteiger partial charge in [0.1, 0.15) is 18.2 Å². The molecule has 5 nitrogen and oxygen atoms in total. The zero-order valence-corrected chi connectivity index (χ0v) is 16.3. The van der Waals surface area contributed by atoms with Crippen molar-refractivity contribution in [3.63, 3.8) is 0 Å². The van der Waals surface area contributed by atoms with E-state index in [-0.39, 0.29) is 5.82 Å². The van der Waals surface area contributed by atoms with Gasteiger partial charge in [0.2, 0.25) is 0 Å². The molecule has 0 aliphatic rings. The molecular weight excluding hydrogens is 343 g/mol. The number of halogens is 1. The van der Waals surface area contributed by atoms with Crippen molar-refractivity contribution >= 4 is 5.96 Å². The third kappa shape index (κ3) is 7.66. The van der Waals surface area contributed by atoms with Gasteiger partial charge in [0, 0.05) is 25.2 Å². The fourth-order valence-electron chi connectivity index (χ4n) is 2.46. The summed E-state index contributed by atoms with van der Waals surface area (Å²) in [7, 11) is 4.04. The van der Waals surface area contributed by atoms with Crippen LogP contribution in [0, 0.1) is 5.82 Å². The average molecular weight is 372 g/mol. The van der Waals surface area contributed by atoms with Gasteiger partial charge in [0.15, 0.2) is 5.96 Å². The summed E-state index contributed by atoms with van der Waals surface area (Å²) in [6.45, 7) is 5.26. The summed E-state index contributed by atoms with van der Waals surface area (Å²) in [4.78, 5) is 6.62. The van der Waals surface area contributed by atoms with Gasteiger partial charge in [-0.25, -0.2) is 9.38 Å². The van der Waals surface area contributed by atoms with Crippen LogP contribution >= 0.6 is 0 Å². The number of rotatable bonds is 9. The van der Waals surface area contributed by atoms with Gasteiger partial charge in [0.05, 0.1) is 6.54 Å². The lowest BCUT2D eigenvalue weighted by Crippen LogP contribution is -2.36. The maximum absolute atomic E-state index is 13.3. The smallest absolute Gasteiger partial charge is 0.191 e. The molecule has 6 heteroatoms. The van der Waals surface area contributed by atoms with Crippen molar-refractivity contribution in [2.24, 2.45) is 4.99 Å². The van der Waals surface area contributed by atoms with E-state index in [1.807, 2.05) is 51.4 Å². The molecule has 0 fully saturated rings. The minimum absolute atomic E-state index is 0.246. The molecule has 0 aliphatic carbocycles. The first-order valence-corrected chi connectivity index (χ1v) is 9.20. The molecule has 2 aromatic carbocycles. The highest BCUT2D eigenvalue weighted by Crippen LogP contribution is 2.17. The summed E-state index contributed by atoms with van der Waals surface area (Å²) < 4.78 is 19.2. The molecule has 146 valence electrons. The fourth-order valence-corrected chi connectivity index (χ4v) is 2.46. The molecule has 0 aliphatic heterocycles. The lowest BCUT2D eigenvalue weighted by Gasteiger charge is -2.16. The van der Waals surface area contributed by atoms with Crippen molar-refractivity contribution in [2.45, 2.75) is 20.0 Å². The minimum Gasteiger partial charge on any atom is -0.492 e. The molecule has 0 heterocycles. The topological polar surface area (TPSA) is 48.9 Å². The van der Waals surface area contributed by atoms with Gasteiger partial charge >= 0.3 is 0 Å². The predicted octanol–water partition coefficient (Wildman–Crippen LogP) is 3.02. The van der Waals surface area contributed by atoms with E-state index in [1.54, 1.807) is 6.07 Å². The van der Waals surface area contributed by atoms with E-state index in [1.165, 1.54) is 12.1 Å². The Hall–Kier alpha value is -2.60. The van der Waals surface area contributed by atoms with Crippen LogP contribution in [0.25, 0.3) is 0 Å². The zero-order chi connectivity index (χ0) is 19.5. The monoisotopic (exact) mass is 372 g/mol. The van der Waals surface area contributed by atoms with Crippen molar-refractivity contribution < 1.29 is 9.13 Å². The van der Waals surface area contributed by atoms with Gasteiger partial charge in [-0.1, -0.05) is 30.3 Å². The summed E-state index contributed by atoms with van der Waals surface area (Å²) in [5.74, 6) is 1.31. The van der Waals surface area contributed by atoms with Crippen molar-refractivity contribution in [2.75, 3.05) is 33.8 Å². The Balaban J connectivity index is 1.97. The van der Waals surface area contributed by atoms with E-state index in [0.717, 1.165) is 30.0 Å². The van der Waals surface area contributed by atoms with Crippen molar-refractivity contribution in [1.29, 1.82) is 0 Å². The fraction of sp³-hybridized carbons (Fsp3) is 0.381. The number of benzene rings is 2. The largest absolute Gasteiger partial charge is 0.492 e. The van der Waals surface area contributed by atoms with Gasteiger partial charge in [-0.3, -0.25) is 0 Å². The number of ether oxygens (including phenoxy) is 1. The lowest BCUT2D eigenvalue weighted by atomic mass is 10.2. The normalized spacial score (nSPS) is 11.5. The number of likely N-dealkylation sites (N-methyl/N-ethyl adjacent to an activating group) is 1. The highest BCUT2D eigenvalue weighted by atomic mass is 19.1. The Morgan fingerprint density at radius 3 is 2.67 bits per heavy atom. The van der Waals surface area contributed by atoms with Gasteiger partial charge in [-0.05, 0) is 44.8 Å². The Kier molecular flexibility index (Phi) is 8.58. The van der Waals surface area contributed by atoms with Crippen LogP contribution in [0.2, 0.25) is 0 Å². The summed E-state index contributed by atoms with van der Waals surface area (Å²) in [5, 5.41) is 6.53.